The molecule has 3 rings (SSSR count). The highest BCUT2D eigenvalue weighted by Crippen LogP contribution is 2.35. The molecule has 1 aliphatic heterocycles. The first kappa shape index (κ1) is 20.8. The number of rotatable bonds is 5. The average molecular weight is 428 g/mol. The number of methoxy groups -OCH3 is 2. The largest absolute Gasteiger partial charge is 0.495 e. The number of carbonyl (C=O) groups excluding carboxylic acids is 1. The molecule has 0 atom stereocenters. The van der Waals surface area contributed by atoms with Gasteiger partial charge in [-0.05, 0) is 31.9 Å². The smallest absolute Gasteiger partial charge is 0.251 e. The molecule has 1 aromatic carbocycles. The molecular weight excluding hydrogens is 402 g/mol. The second kappa shape index (κ2) is 8.22. The van der Waals surface area contributed by atoms with Crippen molar-refractivity contribution in [3.63, 3.8) is 0 Å². The number of fused-ring (bicyclic) bond motifs is 1. The zero-order chi connectivity index (χ0) is 20.5. The lowest BCUT2D eigenvalue weighted by Crippen LogP contribution is -2.39. The number of piperidine rings is 1. The van der Waals surface area contributed by atoms with Gasteiger partial charge >= 0.3 is 0 Å². The number of thiazole rings is 1. The van der Waals surface area contributed by atoms with Gasteiger partial charge in [-0.2, -0.15) is 4.99 Å². The second-order valence-electron chi connectivity index (χ2n) is 6.66. The summed E-state index contributed by atoms with van der Waals surface area (Å²) in [6.07, 6.45) is 2.17. The van der Waals surface area contributed by atoms with Gasteiger partial charge in [-0.25, -0.2) is 12.7 Å². The summed E-state index contributed by atoms with van der Waals surface area (Å²) in [7, 11) is -0.00220. The van der Waals surface area contributed by atoms with Gasteiger partial charge < -0.3 is 14.0 Å². The molecule has 2 aromatic rings. The SMILES string of the molecule is CCn1c(=NC(=O)C2CCN(S(C)(=O)=O)CC2)sc2c(OC)ccc(OC)c21. The predicted octanol–water partition coefficient (Wildman–Crippen LogP) is 1.84. The first-order valence-electron chi connectivity index (χ1n) is 9.08. The minimum Gasteiger partial charge on any atom is -0.495 e. The van der Waals surface area contributed by atoms with Crippen LogP contribution in [0, 0.1) is 5.92 Å². The van der Waals surface area contributed by atoms with Crippen molar-refractivity contribution in [3.05, 3.63) is 16.9 Å². The van der Waals surface area contributed by atoms with Crippen LogP contribution in [0.25, 0.3) is 10.2 Å². The lowest BCUT2D eigenvalue weighted by Gasteiger charge is -2.28. The maximum Gasteiger partial charge on any atom is 0.251 e. The summed E-state index contributed by atoms with van der Waals surface area (Å²) in [4.78, 5) is 17.8. The number of sulfonamides is 1. The molecule has 1 saturated heterocycles. The van der Waals surface area contributed by atoms with Gasteiger partial charge in [0.25, 0.3) is 5.91 Å². The van der Waals surface area contributed by atoms with Crippen molar-refractivity contribution in [2.24, 2.45) is 10.9 Å². The molecule has 8 nitrogen and oxygen atoms in total. The van der Waals surface area contributed by atoms with Gasteiger partial charge in [0.05, 0.1) is 20.5 Å². The van der Waals surface area contributed by atoms with Gasteiger partial charge in [0.1, 0.15) is 21.7 Å². The van der Waals surface area contributed by atoms with E-state index in [1.807, 2.05) is 23.6 Å². The molecule has 0 unspecified atom stereocenters. The molecule has 10 heteroatoms. The summed E-state index contributed by atoms with van der Waals surface area (Å²) >= 11 is 1.39. The number of aromatic nitrogens is 1. The number of hydrogen-bond donors (Lipinski definition) is 0. The normalized spacial score (nSPS) is 17.2. The molecule has 28 heavy (non-hydrogen) atoms. The lowest BCUT2D eigenvalue weighted by atomic mass is 9.98. The molecule has 0 radical (unpaired) electrons. The fraction of sp³-hybridized carbons (Fsp3) is 0.556. The lowest BCUT2D eigenvalue weighted by molar-refractivity contribution is -0.122. The van der Waals surface area contributed by atoms with Crippen molar-refractivity contribution in [3.8, 4) is 11.5 Å². The zero-order valence-corrected chi connectivity index (χ0v) is 18.1. The van der Waals surface area contributed by atoms with Gasteiger partial charge in [-0.15, -0.1) is 0 Å². The van der Waals surface area contributed by atoms with Crippen LogP contribution >= 0.6 is 11.3 Å². The van der Waals surface area contributed by atoms with Crippen LogP contribution < -0.4 is 14.3 Å². The van der Waals surface area contributed by atoms with Crippen molar-refractivity contribution < 1.29 is 22.7 Å². The molecule has 0 spiro atoms. The fourth-order valence-corrected chi connectivity index (χ4v) is 5.54. The maximum atomic E-state index is 12.8. The second-order valence-corrected chi connectivity index (χ2v) is 9.62. The van der Waals surface area contributed by atoms with E-state index in [0.29, 0.717) is 48.8 Å². The number of nitrogens with zero attached hydrogens (tertiary/aromatic N) is 3. The number of carbonyl (C=O) groups is 1. The van der Waals surface area contributed by atoms with Crippen LogP contribution in [0.15, 0.2) is 17.1 Å². The van der Waals surface area contributed by atoms with Crippen LogP contribution in [0.2, 0.25) is 0 Å². The summed E-state index contributed by atoms with van der Waals surface area (Å²) in [6.45, 7) is 3.32. The van der Waals surface area contributed by atoms with E-state index in [9.17, 15) is 13.2 Å². The maximum absolute atomic E-state index is 12.8. The van der Waals surface area contributed by atoms with Gasteiger partial charge in [-0.1, -0.05) is 11.3 Å². The van der Waals surface area contributed by atoms with E-state index >= 15 is 0 Å². The van der Waals surface area contributed by atoms with Gasteiger partial charge in [-0.3, -0.25) is 4.79 Å². The Kier molecular flexibility index (Phi) is 6.11. The van der Waals surface area contributed by atoms with E-state index in [1.54, 1.807) is 14.2 Å². The molecule has 1 amide bonds. The van der Waals surface area contributed by atoms with E-state index in [2.05, 4.69) is 4.99 Å². The molecule has 2 heterocycles. The monoisotopic (exact) mass is 427 g/mol. The molecular formula is C18H25N3O5S2. The summed E-state index contributed by atoms with van der Waals surface area (Å²) in [6, 6.07) is 3.68. The Bertz CT molecular complexity index is 1050. The summed E-state index contributed by atoms with van der Waals surface area (Å²) < 4.78 is 38.5. The van der Waals surface area contributed by atoms with Crippen LogP contribution in [-0.4, -0.2) is 56.8 Å². The fourth-order valence-electron chi connectivity index (χ4n) is 3.45. The topological polar surface area (TPSA) is 90.2 Å². The Balaban J connectivity index is 1.97. The number of ether oxygens (including phenoxy) is 2. The number of aryl methyl sites for hydroxylation is 1. The Hall–Kier alpha value is -1.91. The van der Waals surface area contributed by atoms with Gasteiger partial charge in [0.15, 0.2) is 4.80 Å². The Morgan fingerprint density at radius 1 is 1.21 bits per heavy atom. The summed E-state index contributed by atoms with van der Waals surface area (Å²) in [5.74, 6) is 0.930. The number of amides is 1. The third-order valence-electron chi connectivity index (χ3n) is 4.99. The predicted molar refractivity (Wildman–Crippen MR) is 108 cm³/mol. The van der Waals surface area contributed by atoms with E-state index in [1.165, 1.54) is 21.9 Å². The first-order chi connectivity index (χ1) is 13.3. The molecule has 0 aliphatic carbocycles. The van der Waals surface area contributed by atoms with Gasteiger partial charge in [0, 0.05) is 25.6 Å². The Morgan fingerprint density at radius 2 is 1.82 bits per heavy atom. The highest BCUT2D eigenvalue weighted by Gasteiger charge is 2.29. The van der Waals surface area contributed by atoms with Crippen molar-refractivity contribution in [2.75, 3.05) is 33.6 Å². The standard InChI is InChI=1S/C18H25N3O5S2/c1-5-21-15-13(25-2)6-7-14(26-3)16(15)27-18(21)19-17(22)12-8-10-20(11-9-12)28(4,23)24/h6-7,12H,5,8-11H2,1-4H3. The average Bonchev–Trinajstić information content (AvgIpc) is 3.04. The van der Waals surface area contributed by atoms with E-state index in [0.717, 1.165) is 10.2 Å². The number of benzene rings is 1. The van der Waals surface area contributed by atoms with E-state index < -0.39 is 10.0 Å². The molecule has 0 bridgehead atoms. The van der Waals surface area contributed by atoms with Crippen LogP contribution in [0.5, 0.6) is 11.5 Å². The van der Waals surface area contributed by atoms with Crippen molar-refractivity contribution in [1.82, 2.24) is 8.87 Å². The van der Waals surface area contributed by atoms with Gasteiger partial charge in [0.2, 0.25) is 10.0 Å². The minimum absolute atomic E-state index is 0.208. The van der Waals surface area contributed by atoms with Crippen LogP contribution in [0.1, 0.15) is 19.8 Å². The molecule has 0 N–H and O–H groups in total. The molecule has 1 fully saturated rings. The highest BCUT2D eigenvalue weighted by atomic mass is 32.2. The van der Waals surface area contributed by atoms with Crippen molar-refractivity contribution in [2.45, 2.75) is 26.3 Å². The van der Waals surface area contributed by atoms with Crippen molar-refractivity contribution in [1.29, 1.82) is 0 Å². The van der Waals surface area contributed by atoms with Crippen LogP contribution in [0.4, 0.5) is 0 Å². The van der Waals surface area contributed by atoms with Crippen LogP contribution in [-0.2, 0) is 21.4 Å². The molecule has 0 saturated carbocycles. The molecule has 1 aliphatic rings. The Morgan fingerprint density at radius 3 is 2.36 bits per heavy atom. The van der Waals surface area contributed by atoms with E-state index in [4.69, 9.17) is 9.47 Å². The van der Waals surface area contributed by atoms with Crippen molar-refractivity contribution >= 4 is 37.5 Å². The third kappa shape index (κ3) is 3.94. The Labute approximate surface area is 168 Å². The quantitative estimate of drug-likeness (QED) is 0.726. The zero-order valence-electron chi connectivity index (χ0n) is 16.5. The van der Waals surface area contributed by atoms with Crippen LogP contribution in [0.3, 0.4) is 0 Å². The summed E-state index contributed by atoms with van der Waals surface area (Å²) in [5, 5.41) is 0. The number of hydrogen-bond acceptors (Lipinski definition) is 6. The minimum atomic E-state index is -3.22. The highest BCUT2D eigenvalue weighted by molar-refractivity contribution is 7.88. The van der Waals surface area contributed by atoms with E-state index in [-0.39, 0.29) is 11.8 Å². The summed E-state index contributed by atoms with van der Waals surface area (Å²) in [5.41, 5.74) is 0.854. The third-order valence-corrected chi connectivity index (χ3v) is 7.38. The molecule has 154 valence electrons. The first-order valence-corrected chi connectivity index (χ1v) is 11.7. The molecule has 1 aromatic heterocycles.